The van der Waals surface area contributed by atoms with Crippen molar-refractivity contribution >= 4 is 23.0 Å². The Bertz CT molecular complexity index is 736. The van der Waals surface area contributed by atoms with Gasteiger partial charge in [0.05, 0.1) is 23.2 Å². The van der Waals surface area contributed by atoms with Crippen LogP contribution < -0.4 is 10.2 Å². The van der Waals surface area contributed by atoms with Crippen molar-refractivity contribution < 1.29 is 14.1 Å². The molecule has 112 valence electrons. The number of β-lactam (4-membered cyclic amide) rings is 1. The molecule has 1 aliphatic rings. The largest absolute Gasteiger partial charge is 0.370 e. The molecule has 1 atom stereocenters. The van der Waals surface area contributed by atoms with Crippen LogP contribution in [0.2, 0.25) is 0 Å². The second-order valence-corrected chi connectivity index (χ2v) is 4.90. The standard InChI is InChI=1S/C15H12FN3O3/c16-12-8-11(19(21)22)6-7-13(12)17-14-9-18(15(14)20)10-4-2-1-3-5-10/h1-8,14,17H,9H2. The first kappa shape index (κ1) is 14.0. The molecule has 0 radical (unpaired) electrons. The van der Waals surface area contributed by atoms with Crippen LogP contribution in [0.25, 0.3) is 0 Å². The Labute approximate surface area is 125 Å². The Morgan fingerprint density at radius 2 is 1.95 bits per heavy atom. The molecule has 1 amide bonds. The number of para-hydroxylation sites is 1. The number of halogens is 1. The Morgan fingerprint density at radius 1 is 1.23 bits per heavy atom. The SMILES string of the molecule is O=C1C(Nc2ccc([N+](=O)[O-])cc2F)CN1c1ccccc1. The summed E-state index contributed by atoms with van der Waals surface area (Å²) in [4.78, 5) is 23.6. The highest BCUT2D eigenvalue weighted by molar-refractivity contribution is 6.05. The van der Waals surface area contributed by atoms with E-state index in [1.807, 2.05) is 30.3 Å². The van der Waals surface area contributed by atoms with Gasteiger partial charge in [0.15, 0.2) is 5.82 Å². The number of nitrogens with zero attached hydrogens (tertiary/aromatic N) is 2. The van der Waals surface area contributed by atoms with E-state index >= 15 is 0 Å². The molecule has 0 aromatic heterocycles. The maximum Gasteiger partial charge on any atom is 0.272 e. The van der Waals surface area contributed by atoms with E-state index in [0.717, 1.165) is 11.8 Å². The fourth-order valence-corrected chi connectivity index (χ4v) is 2.30. The minimum Gasteiger partial charge on any atom is -0.370 e. The molecule has 2 aromatic rings. The van der Waals surface area contributed by atoms with Crippen LogP contribution in [0.4, 0.5) is 21.5 Å². The number of nitrogens with one attached hydrogen (secondary N) is 1. The zero-order valence-corrected chi connectivity index (χ0v) is 11.4. The fourth-order valence-electron chi connectivity index (χ4n) is 2.30. The van der Waals surface area contributed by atoms with Gasteiger partial charge in [-0.15, -0.1) is 0 Å². The Morgan fingerprint density at radius 3 is 2.55 bits per heavy atom. The highest BCUT2D eigenvalue weighted by Crippen LogP contribution is 2.26. The highest BCUT2D eigenvalue weighted by atomic mass is 19.1. The van der Waals surface area contributed by atoms with E-state index in [4.69, 9.17) is 0 Å². The van der Waals surface area contributed by atoms with Gasteiger partial charge in [-0.05, 0) is 18.2 Å². The summed E-state index contributed by atoms with van der Waals surface area (Å²) in [7, 11) is 0. The predicted molar refractivity (Wildman–Crippen MR) is 79.3 cm³/mol. The first-order valence-electron chi connectivity index (χ1n) is 6.63. The van der Waals surface area contributed by atoms with Crippen LogP contribution in [0.1, 0.15) is 0 Å². The summed E-state index contributed by atoms with van der Waals surface area (Å²) in [6.45, 7) is 0.416. The van der Waals surface area contributed by atoms with Crippen LogP contribution in [0.15, 0.2) is 48.5 Å². The maximum atomic E-state index is 13.8. The van der Waals surface area contributed by atoms with Gasteiger partial charge in [0, 0.05) is 11.8 Å². The summed E-state index contributed by atoms with van der Waals surface area (Å²) in [5.74, 6) is -0.913. The van der Waals surface area contributed by atoms with Crippen LogP contribution in [-0.2, 0) is 4.79 Å². The number of nitro benzene ring substituents is 1. The van der Waals surface area contributed by atoms with Gasteiger partial charge < -0.3 is 10.2 Å². The van der Waals surface area contributed by atoms with Gasteiger partial charge in [-0.25, -0.2) is 4.39 Å². The summed E-state index contributed by atoms with van der Waals surface area (Å²) >= 11 is 0. The van der Waals surface area contributed by atoms with Crippen molar-refractivity contribution in [3.8, 4) is 0 Å². The Balaban J connectivity index is 1.69. The zero-order valence-electron chi connectivity index (χ0n) is 11.4. The minimum atomic E-state index is -0.750. The number of carbonyl (C=O) groups excluding carboxylic acids is 1. The quantitative estimate of drug-likeness (QED) is 0.535. The van der Waals surface area contributed by atoms with Crippen molar-refractivity contribution in [1.82, 2.24) is 0 Å². The van der Waals surface area contributed by atoms with E-state index in [2.05, 4.69) is 5.32 Å². The smallest absolute Gasteiger partial charge is 0.272 e. The third-order valence-electron chi connectivity index (χ3n) is 3.49. The van der Waals surface area contributed by atoms with E-state index in [9.17, 15) is 19.3 Å². The van der Waals surface area contributed by atoms with E-state index in [1.165, 1.54) is 12.1 Å². The number of hydrogen-bond donors (Lipinski definition) is 1. The number of nitro groups is 1. The van der Waals surface area contributed by atoms with Crippen molar-refractivity contribution in [2.75, 3.05) is 16.8 Å². The van der Waals surface area contributed by atoms with Crippen LogP contribution in [0.3, 0.4) is 0 Å². The molecule has 1 fully saturated rings. The summed E-state index contributed by atoms with van der Waals surface area (Å²) in [5, 5.41) is 13.3. The van der Waals surface area contributed by atoms with Gasteiger partial charge in [-0.1, -0.05) is 18.2 Å². The summed E-state index contributed by atoms with van der Waals surface area (Å²) in [6, 6.07) is 11.9. The minimum absolute atomic E-state index is 0.0802. The van der Waals surface area contributed by atoms with Crippen LogP contribution >= 0.6 is 0 Å². The Hall–Kier alpha value is -2.96. The third-order valence-corrected chi connectivity index (χ3v) is 3.49. The molecule has 1 aliphatic heterocycles. The van der Waals surface area contributed by atoms with E-state index < -0.39 is 16.8 Å². The molecular formula is C15H12FN3O3. The van der Waals surface area contributed by atoms with Crippen molar-refractivity contribution in [1.29, 1.82) is 0 Å². The molecular weight excluding hydrogens is 289 g/mol. The van der Waals surface area contributed by atoms with Crippen molar-refractivity contribution in [2.45, 2.75) is 6.04 Å². The molecule has 1 N–H and O–H groups in total. The summed E-state index contributed by atoms with van der Waals surface area (Å²) in [5.41, 5.74) is 0.542. The van der Waals surface area contributed by atoms with Crippen LogP contribution in [0.5, 0.6) is 0 Å². The molecule has 2 aromatic carbocycles. The lowest BCUT2D eigenvalue weighted by Crippen LogP contribution is -2.60. The predicted octanol–water partition coefficient (Wildman–Crippen LogP) is 2.56. The zero-order chi connectivity index (χ0) is 15.7. The fraction of sp³-hybridized carbons (Fsp3) is 0.133. The molecule has 0 spiro atoms. The third kappa shape index (κ3) is 2.48. The first-order chi connectivity index (χ1) is 10.6. The normalized spacial score (nSPS) is 17.0. The molecule has 6 nitrogen and oxygen atoms in total. The molecule has 22 heavy (non-hydrogen) atoms. The van der Waals surface area contributed by atoms with Gasteiger partial charge in [0.2, 0.25) is 0 Å². The lowest BCUT2D eigenvalue weighted by molar-refractivity contribution is -0.385. The topological polar surface area (TPSA) is 75.5 Å². The van der Waals surface area contributed by atoms with E-state index in [1.54, 1.807) is 4.90 Å². The molecule has 0 aliphatic carbocycles. The van der Waals surface area contributed by atoms with Gasteiger partial charge in [-0.3, -0.25) is 14.9 Å². The van der Waals surface area contributed by atoms with Crippen molar-refractivity contribution in [2.24, 2.45) is 0 Å². The number of benzene rings is 2. The lowest BCUT2D eigenvalue weighted by Gasteiger charge is -2.39. The summed E-state index contributed by atoms with van der Waals surface area (Å²) < 4.78 is 13.8. The number of rotatable bonds is 4. The Kier molecular flexibility index (Phi) is 3.46. The number of non-ortho nitro benzene ring substituents is 1. The van der Waals surface area contributed by atoms with E-state index in [0.29, 0.717) is 6.54 Å². The number of amides is 1. The van der Waals surface area contributed by atoms with Gasteiger partial charge in [-0.2, -0.15) is 0 Å². The van der Waals surface area contributed by atoms with E-state index in [-0.39, 0.29) is 17.3 Å². The van der Waals surface area contributed by atoms with Gasteiger partial charge in [0.1, 0.15) is 6.04 Å². The van der Waals surface area contributed by atoms with Gasteiger partial charge >= 0.3 is 0 Å². The van der Waals surface area contributed by atoms with Crippen LogP contribution in [0, 0.1) is 15.9 Å². The molecule has 7 heteroatoms. The number of anilines is 2. The first-order valence-corrected chi connectivity index (χ1v) is 6.63. The molecule has 1 unspecified atom stereocenters. The molecule has 3 rings (SSSR count). The average molecular weight is 301 g/mol. The monoisotopic (exact) mass is 301 g/mol. The number of hydrogen-bond acceptors (Lipinski definition) is 4. The average Bonchev–Trinajstić information content (AvgIpc) is 2.52. The molecule has 0 bridgehead atoms. The summed E-state index contributed by atoms with van der Waals surface area (Å²) in [6.07, 6.45) is 0. The van der Waals surface area contributed by atoms with Crippen molar-refractivity contribution in [3.63, 3.8) is 0 Å². The molecule has 1 heterocycles. The van der Waals surface area contributed by atoms with Crippen LogP contribution in [-0.4, -0.2) is 23.4 Å². The lowest BCUT2D eigenvalue weighted by atomic mass is 10.1. The van der Waals surface area contributed by atoms with Gasteiger partial charge in [0.25, 0.3) is 11.6 Å². The molecule has 0 saturated carbocycles. The second kappa shape index (κ2) is 5.44. The maximum absolute atomic E-state index is 13.8. The number of carbonyl (C=O) groups is 1. The second-order valence-electron chi connectivity index (χ2n) is 4.90. The molecule has 1 saturated heterocycles. The highest BCUT2D eigenvalue weighted by Gasteiger charge is 2.37. The van der Waals surface area contributed by atoms with Crippen molar-refractivity contribution in [3.05, 3.63) is 64.5 Å².